The zero-order valence-corrected chi connectivity index (χ0v) is 11.7. The van der Waals surface area contributed by atoms with E-state index in [0.29, 0.717) is 6.54 Å². The van der Waals surface area contributed by atoms with Gasteiger partial charge >= 0.3 is 0 Å². The number of halogens is 2. The highest BCUT2D eigenvalue weighted by Crippen LogP contribution is 2.15. The maximum absolute atomic E-state index is 13.2. The van der Waals surface area contributed by atoms with E-state index in [1.807, 2.05) is 18.3 Å². The highest BCUT2D eigenvalue weighted by atomic mass is 79.9. The largest absolute Gasteiger partial charge is 0.309 e. The van der Waals surface area contributed by atoms with Gasteiger partial charge in [0.15, 0.2) is 0 Å². The topological polar surface area (TPSA) is 24.9 Å². The Kier molecular flexibility index (Phi) is 4.44. The molecule has 0 aliphatic heterocycles. The fourth-order valence-corrected chi connectivity index (χ4v) is 2.25. The fourth-order valence-electron chi connectivity index (χ4n) is 1.74. The van der Waals surface area contributed by atoms with Crippen LogP contribution in [-0.2, 0) is 13.1 Å². The second kappa shape index (κ2) is 6.07. The summed E-state index contributed by atoms with van der Waals surface area (Å²) in [7, 11) is 0. The van der Waals surface area contributed by atoms with Crippen LogP contribution >= 0.6 is 15.9 Å². The van der Waals surface area contributed by atoms with Crippen molar-refractivity contribution >= 4 is 15.9 Å². The molecule has 0 atom stereocenters. The number of benzene rings is 1. The van der Waals surface area contributed by atoms with Crippen molar-refractivity contribution in [1.82, 2.24) is 10.3 Å². The molecule has 1 N–H and O–H groups in total. The highest BCUT2D eigenvalue weighted by molar-refractivity contribution is 9.10. The maximum Gasteiger partial charge on any atom is 0.124 e. The van der Waals surface area contributed by atoms with Crippen LogP contribution in [-0.4, -0.2) is 4.98 Å². The number of hydrogen-bond donors (Lipinski definition) is 1. The molecule has 1 heterocycles. The van der Waals surface area contributed by atoms with Crippen molar-refractivity contribution < 1.29 is 4.39 Å². The van der Waals surface area contributed by atoms with E-state index in [9.17, 15) is 4.39 Å². The lowest BCUT2D eigenvalue weighted by atomic mass is 10.1. The smallest absolute Gasteiger partial charge is 0.124 e. The maximum atomic E-state index is 13.2. The molecule has 94 valence electrons. The summed E-state index contributed by atoms with van der Waals surface area (Å²) >= 11 is 3.28. The third-order valence-corrected chi connectivity index (χ3v) is 3.17. The molecule has 0 saturated carbocycles. The van der Waals surface area contributed by atoms with Gasteiger partial charge in [0.1, 0.15) is 5.82 Å². The van der Waals surface area contributed by atoms with Crippen LogP contribution in [0.2, 0.25) is 0 Å². The van der Waals surface area contributed by atoms with Crippen LogP contribution in [0.1, 0.15) is 16.7 Å². The SMILES string of the molecule is Cc1ccncc1CNCc1cc(F)cc(Br)c1. The summed E-state index contributed by atoms with van der Waals surface area (Å²) in [5, 5.41) is 3.29. The summed E-state index contributed by atoms with van der Waals surface area (Å²) in [4.78, 5) is 4.09. The Hall–Kier alpha value is -1.26. The normalized spacial score (nSPS) is 10.6. The number of pyridine rings is 1. The van der Waals surface area contributed by atoms with E-state index in [4.69, 9.17) is 0 Å². The molecule has 1 aromatic heterocycles. The van der Waals surface area contributed by atoms with Crippen molar-refractivity contribution in [1.29, 1.82) is 0 Å². The van der Waals surface area contributed by atoms with Crippen molar-refractivity contribution in [3.8, 4) is 0 Å². The van der Waals surface area contributed by atoms with Crippen LogP contribution < -0.4 is 5.32 Å². The molecule has 0 unspecified atom stereocenters. The minimum absolute atomic E-state index is 0.223. The van der Waals surface area contributed by atoms with E-state index >= 15 is 0 Å². The molecule has 2 nitrogen and oxygen atoms in total. The number of aromatic nitrogens is 1. The van der Waals surface area contributed by atoms with Gasteiger partial charge in [-0.15, -0.1) is 0 Å². The van der Waals surface area contributed by atoms with Crippen LogP contribution in [0.25, 0.3) is 0 Å². The monoisotopic (exact) mass is 308 g/mol. The Morgan fingerprint density at radius 2 is 2.11 bits per heavy atom. The van der Waals surface area contributed by atoms with Gasteiger partial charge in [-0.2, -0.15) is 0 Å². The number of aryl methyl sites for hydroxylation is 1. The first-order valence-electron chi connectivity index (χ1n) is 5.70. The quantitative estimate of drug-likeness (QED) is 0.934. The van der Waals surface area contributed by atoms with Gasteiger partial charge in [-0.3, -0.25) is 4.98 Å². The average Bonchev–Trinajstić information content (AvgIpc) is 2.30. The molecule has 0 bridgehead atoms. The van der Waals surface area contributed by atoms with Gasteiger partial charge in [0.2, 0.25) is 0 Å². The average molecular weight is 309 g/mol. The van der Waals surface area contributed by atoms with Crippen molar-refractivity contribution in [2.24, 2.45) is 0 Å². The minimum Gasteiger partial charge on any atom is -0.309 e. The van der Waals surface area contributed by atoms with Crippen molar-refractivity contribution in [2.75, 3.05) is 0 Å². The number of nitrogens with one attached hydrogen (secondary N) is 1. The van der Waals surface area contributed by atoms with Gasteiger partial charge in [-0.25, -0.2) is 4.39 Å². The van der Waals surface area contributed by atoms with Crippen molar-refractivity contribution in [2.45, 2.75) is 20.0 Å². The van der Waals surface area contributed by atoms with Crippen LogP contribution in [0.15, 0.2) is 41.1 Å². The third-order valence-electron chi connectivity index (χ3n) is 2.71. The van der Waals surface area contributed by atoms with Crippen molar-refractivity contribution in [3.05, 3.63) is 63.6 Å². The lowest BCUT2D eigenvalue weighted by Crippen LogP contribution is -2.13. The van der Waals surface area contributed by atoms with E-state index < -0.39 is 0 Å². The Labute approximate surface area is 114 Å². The summed E-state index contributed by atoms with van der Waals surface area (Å²) in [6.07, 6.45) is 3.63. The zero-order valence-electron chi connectivity index (χ0n) is 10.1. The zero-order chi connectivity index (χ0) is 13.0. The van der Waals surface area contributed by atoms with Gasteiger partial charge < -0.3 is 5.32 Å². The van der Waals surface area contributed by atoms with Crippen LogP contribution in [0.3, 0.4) is 0 Å². The lowest BCUT2D eigenvalue weighted by Gasteiger charge is -2.07. The van der Waals surface area contributed by atoms with E-state index in [1.54, 1.807) is 6.20 Å². The van der Waals surface area contributed by atoms with Gasteiger partial charge in [-0.05, 0) is 47.9 Å². The van der Waals surface area contributed by atoms with Crippen LogP contribution in [0.4, 0.5) is 4.39 Å². The molecular weight excluding hydrogens is 295 g/mol. The minimum atomic E-state index is -0.223. The molecule has 18 heavy (non-hydrogen) atoms. The molecule has 0 saturated heterocycles. The molecule has 0 spiro atoms. The Bertz CT molecular complexity index is 523. The summed E-state index contributed by atoms with van der Waals surface area (Å²) < 4.78 is 13.9. The van der Waals surface area contributed by atoms with E-state index in [-0.39, 0.29) is 5.82 Å². The summed E-state index contributed by atoms with van der Waals surface area (Å²) in [5.74, 6) is -0.223. The third kappa shape index (κ3) is 3.62. The van der Waals surface area contributed by atoms with Gasteiger partial charge in [-0.1, -0.05) is 15.9 Å². The highest BCUT2D eigenvalue weighted by Gasteiger charge is 2.00. The Morgan fingerprint density at radius 1 is 1.28 bits per heavy atom. The van der Waals surface area contributed by atoms with E-state index in [0.717, 1.165) is 22.1 Å². The number of hydrogen-bond acceptors (Lipinski definition) is 2. The molecule has 0 amide bonds. The second-order valence-electron chi connectivity index (χ2n) is 4.18. The summed E-state index contributed by atoms with van der Waals surface area (Å²) in [6.45, 7) is 3.41. The molecule has 2 rings (SSSR count). The molecule has 2 aromatic rings. The molecule has 0 aliphatic rings. The molecule has 1 aromatic carbocycles. The summed E-state index contributed by atoms with van der Waals surface area (Å²) in [5.41, 5.74) is 3.29. The molecule has 4 heteroatoms. The van der Waals surface area contributed by atoms with E-state index in [1.165, 1.54) is 17.7 Å². The molecule has 0 aliphatic carbocycles. The van der Waals surface area contributed by atoms with E-state index in [2.05, 4.69) is 33.2 Å². The first-order valence-corrected chi connectivity index (χ1v) is 6.49. The van der Waals surface area contributed by atoms with Gasteiger partial charge in [0, 0.05) is 30.0 Å². The predicted molar refractivity (Wildman–Crippen MR) is 73.6 cm³/mol. The number of rotatable bonds is 4. The lowest BCUT2D eigenvalue weighted by molar-refractivity contribution is 0.619. The molecular formula is C14H14BrFN2. The summed E-state index contributed by atoms with van der Waals surface area (Å²) in [6, 6.07) is 6.88. The Morgan fingerprint density at radius 3 is 2.83 bits per heavy atom. The van der Waals surface area contributed by atoms with Crippen molar-refractivity contribution in [3.63, 3.8) is 0 Å². The van der Waals surface area contributed by atoms with Crippen LogP contribution in [0.5, 0.6) is 0 Å². The van der Waals surface area contributed by atoms with Crippen LogP contribution in [0, 0.1) is 12.7 Å². The molecule has 0 fully saturated rings. The first-order chi connectivity index (χ1) is 8.65. The standard InChI is InChI=1S/C14H14BrFN2/c1-10-2-3-17-8-12(10)9-18-7-11-4-13(15)6-14(16)5-11/h2-6,8,18H,7,9H2,1H3. The first kappa shape index (κ1) is 13.2. The molecule has 0 radical (unpaired) electrons. The Balaban J connectivity index is 1.94. The second-order valence-corrected chi connectivity index (χ2v) is 5.10. The van der Waals surface area contributed by atoms with Gasteiger partial charge in [0.05, 0.1) is 0 Å². The fraction of sp³-hybridized carbons (Fsp3) is 0.214. The predicted octanol–water partition coefficient (Wildman–Crippen LogP) is 3.58. The number of nitrogens with zero attached hydrogens (tertiary/aromatic N) is 1. The van der Waals surface area contributed by atoms with Gasteiger partial charge in [0.25, 0.3) is 0 Å².